The molecule has 0 bridgehead atoms. The van der Waals surface area contributed by atoms with E-state index in [0.717, 1.165) is 25.3 Å². The third-order valence-corrected chi connectivity index (χ3v) is 4.24. The molecule has 2 aliphatic carbocycles. The Labute approximate surface area is 98.2 Å². The van der Waals surface area contributed by atoms with Gasteiger partial charge in [0, 0.05) is 12.5 Å². The first-order valence-corrected chi connectivity index (χ1v) is 6.66. The molecule has 3 heteroatoms. The molecule has 0 aromatic heterocycles. The van der Waals surface area contributed by atoms with Gasteiger partial charge in [0.15, 0.2) is 0 Å². The molecule has 0 radical (unpaired) electrons. The van der Waals surface area contributed by atoms with Crippen LogP contribution in [0.25, 0.3) is 0 Å². The second-order valence-corrected chi connectivity index (χ2v) is 5.69. The molecule has 92 valence electrons. The summed E-state index contributed by atoms with van der Waals surface area (Å²) in [6.45, 7) is 3.61. The Morgan fingerprint density at radius 2 is 2.19 bits per heavy atom. The van der Waals surface area contributed by atoms with Crippen LogP contribution in [0.2, 0.25) is 0 Å². The van der Waals surface area contributed by atoms with E-state index in [2.05, 4.69) is 5.32 Å². The van der Waals surface area contributed by atoms with Gasteiger partial charge in [-0.15, -0.1) is 0 Å². The van der Waals surface area contributed by atoms with Crippen LogP contribution in [0.4, 0.5) is 0 Å². The average Bonchev–Trinajstić information content (AvgIpc) is 3.14. The molecular formula is C13H24N2O. The molecule has 16 heavy (non-hydrogen) atoms. The number of nitrogens with one attached hydrogen (secondary N) is 1. The van der Waals surface area contributed by atoms with E-state index in [4.69, 9.17) is 5.73 Å². The van der Waals surface area contributed by atoms with Crippen molar-refractivity contribution in [2.24, 2.45) is 23.0 Å². The molecular weight excluding hydrogens is 200 g/mol. The van der Waals surface area contributed by atoms with Crippen LogP contribution in [0.1, 0.15) is 45.4 Å². The number of nitrogens with two attached hydrogens (primary N) is 1. The first kappa shape index (κ1) is 11.9. The number of carbonyl (C=O) groups excluding carboxylic acids is 1. The number of hydrogen-bond donors (Lipinski definition) is 2. The summed E-state index contributed by atoms with van der Waals surface area (Å²) in [7, 11) is 0. The van der Waals surface area contributed by atoms with Gasteiger partial charge in [0.05, 0.1) is 0 Å². The summed E-state index contributed by atoms with van der Waals surface area (Å²) in [5.41, 5.74) is 5.96. The highest BCUT2D eigenvalue weighted by molar-refractivity contribution is 5.78. The highest BCUT2D eigenvalue weighted by Crippen LogP contribution is 2.60. The summed E-state index contributed by atoms with van der Waals surface area (Å²) in [4.78, 5) is 11.8. The first-order valence-electron chi connectivity index (χ1n) is 6.66. The van der Waals surface area contributed by atoms with Crippen LogP contribution < -0.4 is 11.1 Å². The zero-order valence-corrected chi connectivity index (χ0v) is 10.3. The summed E-state index contributed by atoms with van der Waals surface area (Å²) < 4.78 is 0. The quantitative estimate of drug-likeness (QED) is 0.691. The minimum atomic E-state index is 0.124. The zero-order valence-electron chi connectivity index (χ0n) is 10.3. The smallest absolute Gasteiger partial charge is 0.222 e. The van der Waals surface area contributed by atoms with E-state index in [1.807, 2.05) is 6.92 Å². The lowest BCUT2D eigenvalue weighted by Crippen LogP contribution is -2.35. The van der Waals surface area contributed by atoms with E-state index in [1.165, 1.54) is 25.7 Å². The van der Waals surface area contributed by atoms with Crippen molar-refractivity contribution in [3.8, 4) is 0 Å². The van der Waals surface area contributed by atoms with E-state index in [-0.39, 0.29) is 11.8 Å². The fourth-order valence-corrected chi connectivity index (χ4v) is 2.58. The zero-order chi connectivity index (χ0) is 11.6. The van der Waals surface area contributed by atoms with Crippen LogP contribution >= 0.6 is 0 Å². The fraction of sp³-hybridized carbons (Fsp3) is 0.923. The van der Waals surface area contributed by atoms with Gasteiger partial charge in [-0.05, 0) is 56.4 Å². The lowest BCUT2D eigenvalue weighted by atomic mass is 9.99. The van der Waals surface area contributed by atoms with E-state index >= 15 is 0 Å². The van der Waals surface area contributed by atoms with Crippen LogP contribution in [-0.2, 0) is 4.79 Å². The van der Waals surface area contributed by atoms with Crippen molar-refractivity contribution in [2.75, 3.05) is 13.1 Å². The minimum absolute atomic E-state index is 0.124. The standard InChI is InChI=1S/C13H24N2O/c1-10(3-2-8-14)12(16)15-9-13(6-7-13)11-4-5-11/h10-11H,2-9,14H2,1H3,(H,15,16). The molecule has 2 aliphatic rings. The molecule has 3 N–H and O–H groups in total. The maximum Gasteiger partial charge on any atom is 0.222 e. The Bertz CT molecular complexity index is 257. The summed E-state index contributed by atoms with van der Waals surface area (Å²) in [5.74, 6) is 1.27. The monoisotopic (exact) mass is 224 g/mol. The number of amides is 1. The van der Waals surface area contributed by atoms with Crippen LogP contribution in [0.3, 0.4) is 0 Å². The maximum absolute atomic E-state index is 11.8. The molecule has 0 aromatic carbocycles. The van der Waals surface area contributed by atoms with Gasteiger partial charge < -0.3 is 11.1 Å². The lowest BCUT2D eigenvalue weighted by Gasteiger charge is -2.17. The molecule has 2 rings (SSSR count). The third kappa shape index (κ3) is 2.76. The Morgan fingerprint density at radius 1 is 1.50 bits per heavy atom. The van der Waals surface area contributed by atoms with Crippen LogP contribution in [0, 0.1) is 17.3 Å². The van der Waals surface area contributed by atoms with Crippen molar-refractivity contribution in [3.63, 3.8) is 0 Å². The summed E-state index contributed by atoms with van der Waals surface area (Å²) in [6.07, 6.45) is 7.29. The van der Waals surface area contributed by atoms with Gasteiger partial charge in [-0.1, -0.05) is 6.92 Å². The Hall–Kier alpha value is -0.570. The highest BCUT2D eigenvalue weighted by Gasteiger charge is 2.53. The Balaban J connectivity index is 1.67. The van der Waals surface area contributed by atoms with Crippen molar-refractivity contribution in [3.05, 3.63) is 0 Å². The molecule has 2 fully saturated rings. The average molecular weight is 224 g/mol. The first-order chi connectivity index (χ1) is 7.68. The van der Waals surface area contributed by atoms with Gasteiger partial charge >= 0.3 is 0 Å². The lowest BCUT2D eigenvalue weighted by molar-refractivity contribution is -0.125. The molecule has 0 heterocycles. The van der Waals surface area contributed by atoms with Gasteiger partial charge in [0.25, 0.3) is 0 Å². The van der Waals surface area contributed by atoms with Crippen LogP contribution in [0.5, 0.6) is 0 Å². The number of hydrogen-bond acceptors (Lipinski definition) is 2. The van der Waals surface area contributed by atoms with E-state index in [1.54, 1.807) is 0 Å². The fourth-order valence-electron chi connectivity index (χ4n) is 2.58. The van der Waals surface area contributed by atoms with E-state index in [9.17, 15) is 4.79 Å². The van der Waals surface area contributed by atoms with Gasteiger partial charge in [-0.3, -0.25) is 4.79 Å². The van der Waals surface area contributed by atoms with E-state index in [0.29, 0.717) is 12.0 Å². The van der Waals surface area contributed by atoms with Crippen LogP contribution in [0.15, 0.2) is 0 Å². The highest BCUT2D eigenvalue weighted by atomic mass is 16.1. The van der Waals surface area contributed by atoms with Crippen molar-refractivity contribution in [2.45, 2.75) is 45.4 Å². The molecule has 0 spiro atoms. The van der Waals surface area contributed by atoms with Crippen LogP contribution in [-0.4, -0.2) is 19.0 Å². The summed E-state index contributed by atoms with van der Waals surface area (Å²) in [6, 6.07) is 0. The number of carbonyl (C=O) groups is 1. The molecule has 1 atom stereocenters. The van der Waals surface area contributed by atoms with Crippen molar-refractivity contribution in [1.29, 1.82) is 0 Å². The van der Waals surface area contributed by atoms with Gasteiger partial charge in [0.1, 0.15) is 0 Å². The van der Waals surface area contributed by atoms with Gasteiger partial charge in [-0.2, -0.15) is 0 Å². The summed E-state index contributed by atoms with van der Waals surface area (Å²) >= 11 is 0. The SMILES string of the molecule is CC(CCCN)C(=O)NCC1(C2CC2)CC1. The normalized spacial score (nSPS) is 23.9. The molecule has 0 aromatic rings. The second-order valence-electron chi connectivity index (χ2n) is 5.69. The van der Waals surface area contributed by atoms with Crippen molar-refractivity contribution >= 4 is 5.91 Å². The molecule has 2 saturated carbocycles. The molecule has 1 unspecified atom stereocenters. The maximum atomic E-state index is 11.8. The second kappa shape index (κ2) is 4.74. The molecule has 0 saturated heterocycles. The third-order valence-electron chi connectivity index (χ3n) is 4.24. The Kier molecular flexibility index (Phi) is 3.53. The minimum Gasteiger partial charge on any atom is -0.355 e. The predicted molar refractivity (Wildman–Crippen MR) is 64.9 cm³/mol. The van der Waals surface area contributed by atoms with Crippen molar-refractivity contribution < 1.29 is 4.79 Å². The molecule has 3 nitrogen and oxygen atoms in total. The van der Waals surface area contributed by atoms with Gasteiger partial charge in [0.2, 0.25) is 5.91 Å². The predicted octanol–water partition coefficient (Wildman–Crippen LogP) is 1.67. The van der Waals surface area contributed by atoms with Gasteiger partial charge in [-0.25, -0.2) is 0 Å². The molecule has 1 amide bonds. The Morgan fingerprint density at radius 3 is 2.69 bits per heavy atom. The largest absolute Gasteiger partial charge is 0.355 e. The summed E-state index contributed by atoms with van der Waals surface area (Å²) in [5, 5.41) is 3.14. The molecule has 0 aliphatic heterocycles. The number of rotatable bonds is 7. The topological polar surface area (TPSA) is 55.1 Å². The van der Waals surface area contributed by atoms with Crippen molar-refractivity contribution in [1.82, 2.24) is 5.32 Å². The van der Waals surface area contributed by atoms with E-state index < -0.39 is 0 Å².